The molecular formula is C10H11BrF3NO2S2. The molecule has 0 aliphatic carbocycles. The van der Waals surface area contributed by atoms with Gasteiger partial charge < -0.3 is 0 Å². The molecule has 0 radical (unpaired) electrons. The molecule has 1 unspecified atom stereocenters. The molecule has 1 aliphatic heterocycles. The summed E-state index contributed by atoms with van der Waals surface area (Å²) in [6.07, 6.45) is -3.85. The SMILES string of the molecule is O=S(=O)(c1ccc(Br)s1)N1CCCCC1C(F)(F)F. The standard InChI is InChI=1S/C10H11BrF3NO2S2/c11-8-4-5-9(18-8)19(16,17)15-6-2-1-3-7(15)10(12,13)14/h4-5,7H,1-3,6H2. The minimum atomic E-state index is -4.53. The van der Waals surface area contributed by atoms with Crippen LogP contribution in [0.25, 0.3) is 0 Å². The third-order valence-electron chi connectivity index (χ3n) is 2.94. The number of halogens is 4. The molecular weight excluding hydrogens is 367 g/mol. The number of sulfonamides is 1. The summed E-state index contributed by atoms with van der Waals surface area (Å²) in [5, 5.41) is 0. The molecule has 2 heterocycles. The number of thiophene rings is 1. The fourth-order valence-corrected chi connectivity index (χ4v) is 5.89. The van der Waals surface area contributed by atoms with Crippen molar-refractivity contribution in [1.82, 2.24) is 4.31 Å². The molecule has 1 saturated heterocycles. The van der Waals surface area contributed by atoms with Gasteiger partial charge in [0.2, 0.25) is 0 Å². The Bertz CT molecular complexity index is 555. The minimum absolute atomic E-state index is 0.0597. The fourth-order valence-electron chi connectivity index (χ4n) is 2.07. The number of hydrogen-bond acceptors (Lipinski definition) is 3. The Balaban J connectivity index is 2.37. The fraction of sp³-hybridized carbons (Fsp3) is 0.600. The van der Waals surface area contributed by atoms with E-state index >= 15 is 0 Å². The van der Waals surface area contributed by atoms with Crippen LogP contribution in [0.5, 0.6) is 0 Å². The van der Waals surface area contributed by atoms with Gasteiger partial charge in [0.05, 0.1) is 3.79 Å². The topological polar surface area (TPSA) is 37.4 Å². The Morgan fingerprint density at radius 2 is 2.00 bits per heavy atom. The molecule has 0 amide bonds. The van der Waals surface area contributed by atoms with Gasteiger partial charge >= 0.3 is 6.18 Å². The van der Waals surface area contributed by atoms with E-state index in [0.717, 1.165) is 11.3 Å². The molecule has 1 aliphatic rings. The first-order valence-corrected chi connectivity index (χ1v) is 8.62. The molecule has 1 fully saturated rings. The van der Waals surface area contributed by atoms with E-state index in [-0.39, 0.29) is 17.2 Å². The van der Waals surface area contributed by atoms with Crippen LogP contribution in [0, 0.1) is 0 Å². The molecule has 3 nitrogen and oxygen atoms in total. The van der Waals surface area contributed by atoms with Gasteiger partial charge in [0, 0.05) is 6.54 Å². The van der Waals surface area contributed by atoms with Crippen molar-refractivity contribution in [3.8, 4) is 0 Å². The van der Waals surface area contributed by atoms with Gasteiger partial charge in [-0.05, 0) is 40.9 Å². The number of alkyl halides is 3. The van der Waals surface area contributed by atoms with Crippen LogP contribution >= 0.6 is 27.3 Å². The van der Waals surface area contributed by atoms with E-state index in [1.807, 2.05) is 0 Å². The lowest BCUT2D eigenvalue weighted by molar-refractivity contribution is -0.177. The van der Waals surface area contributed by atoms with E-state index in [9.17, 15) is 21.6 Å². The quantitative estimate of drug-likeness (QED) is 0.789. The van der Waals surface area contributed by atoms with Gasteiger partial charge in [-0.2, -0.15) is 17.5 Å². The Morgan fingerprint density at radius 3 is 2.53 bits per heavy atom. The molecule has 0 saturated carbocycles. The summed E-state index contributed by atoms with van der Waals surface area (Å²) in [5.74, 6) is 0. The van der Waals surface area contributed by atoms with Crippen molar-refractivity contribution in [2.24, 2.45) is 0 Å². The molecule has 1 aromatic rings. The van der Waals surface area contributed by atoms with Gasteiger partial charge in [-0.15, -0.1) is 11.3 Å². The lowest BCUT2D eigenvalue weighted by Gasteiger charge is -2.35. The number of rotatable bonds is 2. The molecule has 2 rings (SSSR count). The maximum absolute atomic E-state index is 12.9. The molecule has 0 aromatic carbocycles. The normalized spacial score (nSPS) is 22.6. The van der Waals surface area contributed by atoms with Crippen molar-refractivity contribution in [2.75, 3.05) is 6.54 Å². The van der Waals surface area contributed by atoms with Gasteiger partial charge in [0.1, 0.15) is 10.3 Å². The van der Waals surface area contributed by atoms with Gasteiger partial charge in [-0.1, -0.05) is 6.42 Å². The molecule has 1 atom stereocenters. The summed E-state index contributed by atoms with van der Waals surface area (Å²) >= 11 is 4.04. The van der Waals surface area contributed by atoms with Crippen LogP contribution < -0.4 is 0 Å². The molecule has 0 spiro atoms. The highest BCUT2D eigenvalue weighted by molar-refractivity contribution is 9.11. The second-order valence-electron chi connectivity index (χ2n) is 4.23. The summed E-state index contributed by atoms with van der Waals surface area (Å²) in [4.78, 5) is 0. The first kappa shape index (κ1) is 15.3. The highest BCUT2D eigenvalue weighted by Gasteiger charge is 2.49. The number of piperidine rings is 1. The van der Waals surface area contributed by atoms with Gasteiger partial charge in [0.25, 0.3) is 10.0 Å². The van der Waals surface area contributed by atoms with Crippen molar-refractivity contribution in [1.29, 1.82) is 0 Å². The van der Waals surface area contributed by atoms with Crippen LogP contribution in [0.3, 0.4) is 0 Å². The molecule has 108 valence electrons. The largest absolute Gasteiger partial charge is 0.405 e. The van der Waals surface area contributed by atoms with Crippen LogP contribution in [0.1, 0.15) is 19.3 Å². The summed E-state index contributed by atoms with van der Waals surface area (Å²) in [6.45, 7) is -0.0813. The van der Waals surface area contributed by atoms with E-state index in [1.165, 1.54) is 12.1 Å². The highest BCUT2D eigenvalue weighted by atomic mass is 79.9. The summed E-state index contributed by atoms with van der Waals surface area (Å²) in [7, 11) is -4.07. The van der Waals surface area contributed by atoms with Gasteiger partial charge in [-0.25, -0.2) is 8.42 Å². The zero-order chi connectivity index (χ0) is 14.3. The van der Waals surface area contributed by atoms with Crippen molar-refractivity contribution in [3.05, 3.63) is 15.9 Å². The molecule has 0 bridgehead atoms. The lowest BCUT2D eigenvalue weighted by Crippen LogP contribution is -2.51. The molecule has 1 aromatic heterocycles. The monoisotopic (exact) mass is 377 g/mol. The van der Waals surface area contributed by atoms with Crippen LogP contribution in [-0.4, -0.2) is 31.5 Å². The predicted molar refractivity (Wildman–Crippen MR) is 69.6 cm³/mol. The van der Waals surface area contributed by atoms with E-state index < -0.39 is 22.2 Å². The van der Waals surface area contributed by atoms with Gasteiger partial charge in [-0.3, -0.25) is 0 Å². The van der Waals surface area contributed by atoms with E-state index in [1.54, 1.807) is 0 Å². The van der Waals surface area contributed by atoms with Crippen molar-refractivity contribution < 1.29 is 21.6 Å². The van der Waals surface area contributed by atoms with Crippen molar-refractivity contribution in [2.45, 2.75) is 35.7 Å². The maximum atomic E-state index is 12.9. The van der Waals surface area contributed by atoms with Gasteiger partial charge in [0.15, 0.2) is 0 Å². The van der Waals surface area contributed by atoms with Crippen LogP contribution in [-0.2, 0) is 10.0 Å². The predicted octanol–water partition coefficient (Wildman–Crippen LogP) is 3.62. The van der Waals surface area contributed by atoms with Crippen LogP contribution in [0.15, 0.2) is 20.1 Å². The van der Waals surface area contributed by atoms with E-state index in [0.29, 0.717) is 20.9 Å². The Hall–Kier alpha value is -0.120. The highest BCUT2D eigenvalue weighted by Crippen LogP contribution is 2.37. The molecule has 19 heavy (non-hydrogen) atoms. The molecule has 9 heteroatoms. The zero-order valence-corrected chi connectivity index (χ0v) is 12.9. The third-order valence-corrected chi connectivity index (χ3v) is 6.94. The first-order valence-electron chi connectivity index (χ1n) is 5.57. The summed E-state index contributed by atoms with van der Waals surface area (Å²) in [5.41, 5.74) is 0. The molecule has 0 N–H and O–H groups in total. The Kier molecular flexibility index (Phi) is 4.29. The number of nitrogens with zero attached hydrogens (tertiary/aromatic N) is 1. The smallest absolute Gasteiger partial charge is 0.206 e. The van der Waals surface area contributed by atoms with Crippen molar-refractivity contribution >= 4 is 37.3 Å². The average molecular weight is 378 g/mol. The van der Waals surface area contributed by atoms with E-state index in [2.05, 4.69) is 15.9 Å². The number of hydrogen-bond donors (Lipinski definition) is 0. The second kappa shape index (κ2) is 5.34. The third kappa shape index (κ3) is 3.14. The maximum Gasteiger partial charge on any atom is 0.405 e. The average Bonchev–Trinajstić information content (AvgIpc) is 2.75. The summed E-state index contributed by atoms with van der Waals surface area (Å²) < 4.78 is 64.4. The lowest BCUT2D eigenvalue weighted by atomic mass is 10.1. The zero-order valence-electron chi connectivity index (χ0n) is 9.65. The van der Waals surface area contributed by atoms with Crippen LogP contribution in [0.2, 0.25) is 0 Å². The van der Waals surface area contributed by atoms with E-state index in [4.69, 9.17) is 0 Å². The van der Waals surface area contributed by atoms with Crippen LogP contribution in [0.4, 0.5) is 13.2 Å². The second-order valence-corrected chi connectivity index (χ2v) is 8.81. The minimum Gasteiger partial charge on any atom is -0.206 e. The first-order chi connectivity index (χ1) is 8.73. The summed E-state index contributed by atoms with van der Waals surface area (Å²) in [6, 6.07) is 0.933. The Labute approximate surface area is 121 Å². The van der Waals surface area contributed by atoms with Crippen molar-refractivity contribution in [3.63, 3.8) is 0 Å². The Morgan fingerprint density at radius 1 is 1.32 bits per heavy atom.